The molecule has 2 aromatic carbocycles. The van der Waals surface area contributed by atoms with Gasteiger partial charge in [0, 0.05) is 55.7 Å². The highest BCUT2D eigenvalue weighted by Gasteiger charge is 2.54. The summed E-state index contributed by atoms with van der Waals surface area (Å²) in [5, 5.41) is 9.73. The summed E-state index contributed by atoms with van der Waals surface area (Å²) in [6.45, 7) is 3.89. The molecule has 2 aliphatic carbocycles. The van der Waals surface area contributed by atoms with Crippen molar-refractivity contribution in [3.8, 4) is 0 Å². The topological polar surface area (TPSA) is 118 Å². The summed E-state index contributed by atoms with van der Waals surface area (Å²) in [5.74, 6) is -0.943. The third kappa shape index (κ3) is 5.60. The third-order valence-electron chi connectivity index (χ3n) is 10.9. The molecule has 242 valence electrons. The first-order chi connectivity index (χ1) is 22.1. The Morgan fingerprint density at radius 1 is 1.09 bits per heavy atom. The van der Waals surface area contributed by atoms with E-state index in [2.05, 4.69) is 33.9 Å². The second kappa shape index (κ2) is 11.8. The number of ether oxygens (including phenoxy) is 1. The number of hydrogen-bond acceptors (Lipinski definition) is 6. The minimum atomic E-state index is -0.654. The van der Waals surface area contributed by atoms with Gasteiger partial charge in [-0.1, -0.05) is 25.1 Å². The van der Waals surface area contributed by atoms with Crippen molar-refractivity contribution >= 4 is 23.3 Å². The molecule has 4 aliphatic rings. The number of nitrogens with one attached hydrogen (secondary N) is 3. The predicted molar refractivity (Wildman–Crippen MR) is 171 cm³/mol. The molecule has 2 aliphatic heterocycles. The Hall–Kier alpha value is -3.73. The Bertz CT molecular complexity index is 1660. The van der Waals surface area contributed by atoms with Crippen molar-refractivity contribution in [2.24, 2.45) is 11.1 Å². The molecule has 2 spiro atoms. The SMILES string of the molecule is CCc1cccc2c1NC(=O)C21Cc2cnc(NC(=O)CCC3(NCC(N)c4cc(F)cc(F)c4)CC4(CCOCC4)C3)cc2C1. The Morgan fingerprint density at radius 3 is 2.57 bits per heavy atom. The fourth-order valence-electron chi connectivity index (χ4n) is 8.50. The Morgan fingerprint density at radius 2 is 1.83 bits per heavy atom. The monoisotopic (exact) mass is 629 g/mol. The van der Waals surface area contributed by atoms with Crippen molar-refractivity contribution in [1.29, 1.82) is 0 Å². The third-order valence-corrected chi connectivity index (χ3v) is 10.9. The quantitative estimate of drug-likeness (QED) is 0.257. The van der Waals surface area contributed by atoms with Gasteiger partial charge in [-0.15, -0.1) is 0 Å². The molecule has 3 heterocycles. The number of hydrogen-bond donors (Lipinski definition) is 4. The summed E-state index contributed by atoms with van der Waals surface area (Å²) in [6.07, 6.45) is 8.39. The van der Waals surface area contributed by atoms with Gasteiger partial charge in [-0.3, -0.25) is 9.59 Å². The van der Waals surface area contributed by atoms with Crippen LogP contribution < -0.4 is 21.7 Å². The standard InChI is InChI=1S/C36H41F2N5O3/c1-2-22-4-3-5-28-32(22)43-33(45)36(28)16-24-14-30(40-18-25(24)17-36)42-31(44)6-7-35(20-34(21-35)8-10-46-11-9-34)41-19-29(39)23-12-26(37)15-27(38)13-23/h3-5,12-15,18,29,41H,2,6-11,16-17,19-21,39H2,1H3,(H,43,45)(H,40,42,44). The zero-order valence-electron chi connectivity index (χ0n) is 26.2. The molecule has 8 nitrogen and oxygen atoms in total. The fourth-order valence-corrected chi connectivity index (χ4v) is 8.50. The molecule has 5 N–H and O–H groups in total. The molecule has 1 aromatic heterocycles. The zero-order valence-corrected chi connectivity index (χ0v) is 26.2. The molecule has 0 radical (unpaired) electrons. The van der Waals surface area contributed by atoms with Crippen molar-refractivity contribution in [2.45, 2.75) is 81.7 Å². The number of nitrogens with two attached hydrogens (primary N) is 1. The van der Waals surface area contributed by atoms with Crippen molar-refractivity contribution in [3.63, 3.8) is 0 Å². The summed E-state index contributed by atoms with van der Waals surface area (Å²) >= 11 is 0. The van der Waals surface area contributed by atoms with Crippen LogP contribution in [0.25, 0.3) is 0 Å². The number of benzene rings is 2. The van der Waals surface area contributed by atoms with Crippen LogP contribution in [-0.2, 0) is 39.0 Å². The van der Waals surface area contributed by atoms with Crippen LogP contribution in [0.3, 0.4) is 0 Å². The summed E-state index contributed by atoms with van der Waals surface area (Å²) in [4.78, 5) is 31.1. The number of nitrogens with zero attached hydrogens (tertiary/aromatic N) is 1. The fraction of sp³-hybridized carbons (Fsp3) is 0.472. The molecule has 7 rings (SSSR count). The van der Waals surface area contributed by atoms with Crippen LogP contribution in [0.15, 0.2) is 48.7 Å². The number of para-hydroxylation sites is 1. The van der Waals surface area contributed by atoms with Gasteiger partial charge >= 0.3 is 0 Å². The number of rotatable bonds is 9. The van der Waals surface area contributed by atoms with Gasteiger partial charge in [-0.2, -0.15) is 0 Å². The maximum absolute atomic E-state index is 13.8. The Balaban J connectivity index is 1.01. The molecule has 2 amide bonds. The molecule has 3 aromatic rings. The summed E-state index contributed by atoms with van der Waals surface area (Å²) in [5.41, 5.74) is 11.1. The minimum Gasteiger partial charge on any atom is -0.381 e. The van der Waals surface area contributed by atoms with E-state index in [4.69, 9.17) is 10.5 Å². The van der Waals surface area contributed by atoms with E-state index in [1.165, 1.54) is 12.1 Å². The van der Waals surface area contributed by atoms with Crippen LogP contribution in [0.2, 0.25) is 0 Å². The Labute approximate surface area is 267 Å². The lowest BCUT2D eigenvalue weighted by molar-refractivity contribution is -0.120. The number of aryl methyl sites for hydroxylation is 1. The van der Waals surface area contributed by atoms with E-state index >= 15 is 0 Å². The van der Waals surface area contributed by atoms with Gasteiger partial charge in [0.1, 0.15) is 17.5 Å². The molecular weight excluding hydrogens is 588 g/mol. The minimum absolute atomic E-state index is 0.0213. The average molecular weight is 630 g/mol. The Kier molecular flexibility index (Phi) is 7.93. The van der Waals surface area contributed by atoms with Gasteiger partial charge in [-0.05, 0) is 103 Å². The number of aromatic nitrogens is 1. The van der Waals surface area contributed by atoms with E-state index in [1.807, 2.05) is 18.2 Å². The van der Waals surface area contributed by atoms with E-state index < -0.39 is 23.1 Å². The summed E-state index contributed by atoms with van der Waals surface area (Å²) < 4.78 is 33.3. The first-order valence-electron chi connectivity index (χ1n) is 16.4. The van der Waals surface area contributed by atoms with E-state index in [1.54, 1.807) is 6.20 Å². The molecule has 10 heteroatoms. The van der Waals surface area contributed by atoms with Gasteiger partial charge in [0.15, 0.2) is 0 Å². The number of halogens is 2. The van der Waals surface area contributed by atoms with Crippen LogP contribution in [-0.4, -0.2) is 42.1 Å². The normalized spacial score (nSPS) is 22.7. The van der Waals surface area contributed by atoms with Gasteiger partial charge in [0.05, 0.1) is 5.41 Å². The molecule has 1 saturated heterocycles. The molecule has 0 bridgehead atoms. The van der Waals surface area contributed by atoms with Gasteiger partial charge in [-0.25, -0.2) is 13.8 Å². The lowest BCUT2D eigenvalue weighted by atomic mass is 9.53. The number of carbonyl (C=O) groups excluding carboxylic acids is 2. The molecule has 46 heavy (non-hydrogen) atoms. The lowest BCUT2D eigenvalue weighted by Crippen LogP contribution is -2.62. The molecule has 2 unspecified atom stereocenters. The maximum Gasteiger partial charge on any atom is 0.235 e. The number of amides is 2. The van der Waals surface area contributed by atoms with E-state index in [0.717, 1.165) is 79.3 Å². The number of fused-ring (bicyclic) bond motifs is 3. The van der Waals surface area contributed by atoms with Crippen LogP contribution >= 0.6 is 0 Å². The first-order valence-corrected chi connectivity index (χ1v) is 16.4. The van der Waals surface area contributed by atoms with E-state index in [-0.39, 0.29) is 29.2 Å². The van der Waals surface area contributed by atoms with Crippen LogP contribution in [0.4, 0.5) is 20.3 Å². The van der Waals surface area contributed by atoms with E-state index in [0.29, 0.717) is 37.2 Å². The number of anilines is 2. The predicted octanol–water partition coefficient (Wildman–Crippen LogP) is 5.25. The molecule has 1 saturated carbocycles. The first kappa shape index (κ1) is 30.9. The average Bonchev–Trinajstić information content (AvgIpc) is 3.54. The van der Waals surface area contributed by atoms with Crippen LogP contribution in [0, 0.1) is 17.0 Å². The second-order valence-corrected chi connectivity index (χ2v) is 13.9. The molecule has 2 fully saturated rings. The van der Waals surface area contributed by atoms with Crippen LogP contribution in [0.5, 0.6) is 0 Å². The van der Waals surface area contributed by atoms with Crippen molar-refractivity contribution in [2.75, 3.05) is 30.4 Å². The second-order valence-electron chi connectivity index (χ2n) is 13.9. The number of carbonyl (C=O) groups is 2. The van der Waals surface area contributed by atoms with Crippen molar-refractivity contribution < 1.29 is 23.1 Å². The highest BCUT2D eigenvalue weighted by Crippen LogP contribution is 2.56. The lowest BCUT2D eigenvalue weighted by Gasteiger charge is -2.59. The highest BCUT2D eigenvalue weighted by atomic mass is 19.1. The van der Waals surface area contributed by atoms with Gasteiger partial charge in [0.25, 0.3) is 0 Å². The molecular formula is C36H41F2N5O3. The highest BCUT2D eigenvalue weighted by molar-refractivity contribution is 6.08. The van der Waals surface area contributed by atoms with Gasteiger partial charge < -0.3 is 26.4 Å². The summed E-state index contributed by atoms with van der Waals surface area (Å²) in [7, 11) is 0. The smallest absolute Gasteiger partial charge is 0.235 e. The largest absolute Gasteiger partial charge is 0.381 e. The van der Waals surface area contributed by atoms with Crippen molar-refractivity contribution in [1.82, 2.24) is 10.3 Å². The van der Waals surface area contributed by atoms with Crippen molar-refractivity contribution in [3.05, 3.63) is 88.1 Å². The molecule has 2 atom stereocenters. The number of pyridine rings is 1. The van der Waals surface area contributed by atoms with Crippen LogP contribution in [0.1, 0.15) is 79.3 Å². The summed E-state index contributed by atoms with van der Waals surface area (Å²) in [6, 6.07) is 10.8. The zero-order chi connectivity index (χ0) is 32.1. The van der Waals surface area contributed by atoms with E-state index in [9.17, 15) is 18.4 Å². The van der Waals surface area contributed by atoms with Gasteiger partial charge in [0.2, 0.25) is 11.8 Å². The maximum atomic E-state index is 13.8.